The fourth-order valence-corrected chi connectivity index (χ4v) is 4.43. The molecule has 1 heterocycles. The zero-order chi connectivity index (χ0) is 18.8. The standard InChI is InChI=1S/C15H19N3O5S2/c1-5-18(20)25(21,22)13-8-11(6-7-12(13)23-4)14-9(2)16-15(24-14)17-10(3)19/h6-8,20H,5H2,1-4H3,(H,16,17,19). The van der Waals surface area contributed by atoms with Gasteiger partial charge < -0.3 is 10.1 Å². The second-order valence-electron chi connectivity index (χ2n) is 5.12. The number of carbonyl (C=O) groups is 1. The lowest BCUT2D eigenvalue weighted by Crippen LogP contribution is -2.27. The zero-order valence-electron chi connectivity index (χ0n) is 14.2. The van der Waals surface area contributed by atoms with E-state index < -0.39 is 10.0 Å². The van der Waals surface area contributed by atoms with Gasteiger partial charge in [-0.25, -0.2) is 13.4 Å². The molecular weight excluding hydrogens is 366 g/mol. The topological polar surface area (TPSA) is 109 Å². The highest BCUT2D eigenvalue weighted by Crippen LogP contribution is 2.37. The van der Waals surface area contributed by atoms with Crippen LogP contribution in [-0.2, 0) is 14.8 Å². The summed E-state index contributed by atoms with van der Waals surface area (Å²) in [5, 5.41) is 12.7. The van der Waals surface area contributed by atoms with Crippen molar-refractivity contribution < 1.29 is 23.2 Å². The summed E-state index contributed by atoms with van der Waals surface area (Å²) in [4.78, 5) is 16.0. The van der Waals surface area contributed by atoms with Gasteiger partial charge in [0.1, 0.15) is 10.6 Å². The number of aryl methyl sites for hydroxylation is 1. The average molecular weight is 385 g/mol. The molecule has 0 spiro atoms. The highest BCUT2D eigenvalue weighted by atomic mass is 32.2. The van der Waals surface area contributed by atoms with Gasteiger partial charge in [0.05, 0.1) is 17.7 Å². The number of thiazole rings is 1. The van der Waals surface area contributed by atoms with E-state index in [4.69, 9.17) is 4.74 Å². The predicted octanol–water partition coefficient (Wildman–Crippen LogP) is 2.49. The number of hydroxylamine groups is 1. The van der Waals surface area contributed by atoms with Crippen LogP contribution in [0.15, 0.2) is 23.1 Å². The molecule has 0 aliphatic rings. The summed E-state index contributed by atoms with van der Waals surface area (Å²) in [5.41, 5.74) is 1.24. The quantitative estimate of drug-likeness (QED) is 0.740. The summed E-state index contributed by atoms with van der Waals surface area (Å²) in [7, 11) is -2.75. The number of methoxy groups -OCH3 is 1. The SMILES string of the molecule is CCN(O)S(=O)(=O)c1cc(-c2sc(NC(C)=O)nc2C)ccc1OC. The molecule has 0 aliphatic heterocycles. The molecule has 1 aromatic carbocycles. The van der Waals surface area contributed by atoms with Crippen molar-refractivity contribution >= 4 is 32.4 Å². The number of ether oxygens (including phenoxy) is 1. The first-order valence-electron chi connectivity index (χ1n) is 7.35. The molecule has 2 N–H and O–H groups in total. The lowest BCUT2D eigenvalue weighted by molar-refractivity contribution is -0.114. The fourth-order valence-electron chi connectivity index (χ4n) is 2.17. The van der Waals surface area contributed by atoms with E-state index in [-0.39, 0.29) is 27.6 Å². The molecule has 10 heteroatoms. The smallest absolute Gasteiger partial charge is 0.268 e. The Morgan fingerprint density at radius 2 is 2.12 bits per heavy atom. The van der Waals surface area contributed by atoms with Gasteiger partial charge in [-0.15, -0.1) is 0 Å². The van der Waals surface area contributed by atoms with Crippen molar-refractivity contribution in [3.63, 3.8) is 0 Å². The maximum absolute atomic E-state index is 12.5. The lowest BCUT2D eigenvalue weighted by Gasteiger charge is -2.16. The first-order valence-corrected chi connectivity index (χ1v) is 9.61. The summed E-state index contributed by atoms with van der Waals surface area (Å²) in [6, 6.07) is 4.64. The molecule has 0 saturated carbocycles. The van der Waals surface area contributed by atoms with Gasteiger partial charge in [0.15, 0.2) is 5.13 Å². The Morgan fingerprint density at radius 1 is 1.44 bits per heavy atom. The maximum atomic E-state index is 12.5. The summed E-state index contributed by atoms with van der Waals surface area (Å²) < 4.78 is 30.4. The molecule has 1 amide bonds. The van der Waals surface area contributed by atoms with Gasteiger partial charge in [-0.2, -0.15) is 0 Å². The third-order valence-corrected chi connectivity index (χ3v) is 6.14. The van der Waals surface area contributed by atoms with Crippen LogP contribution in [0.2, 0.25) is 0 Å². The van der Waals surface area contributed by atoms with Crippen LogP contribution in [0.1, 0.15) is 19.5 Å². The largest absolute Gasteiger partial charge is 0.495 e. The summed E-state index contributed by atoms with van der Waals surface area (Å²) in [6.45, 7) is 4.57. The molecule has 0 atom stereocenters. The average Bonchev–Trinajstić information content (AvgIpc) is 2.92. The van der Waals surface area contributed by atoms with Crippen LogP contribution in [0.4, 0.5) is 5.13 Å². The summed E-state index contributed by atoms with van der Waals surface area (Å²) >= 11 is 1.23. The Hall–Kier alpha value is -2.01. The van der Waals surface area contributed by atoms with E-state index in [1.807, 2.05) is 0 Å². The minimum Gasteiger partial charge on any atom is -0.495 e. The van der Waals surface area contributed by atoms with Gasteiger partial charge in [-0.1, -0.05) is 15.8 Å². The molecule has 2 aromatic rings. The van der Waals surface area contributed by atoms with E-state index in [0.717, 1.165) is 0 Å². The van der Waals surface area contributed by atoms with Gasteiger partial charge in [-0.3, -0.25) is 10.0 Å². The van der Waals surface area contributed by atoms with Crippen LogP contribution >= 0.6 is 11.3 Å². The number of benzene rings is 1. The van der Waals surface area contributed by atoms with E-state index in [2.05, 4.69) is 10.3 Å². The highest BCUT2D eigenvalue weighted by molar-refractivity contribution is 7.89. The third-order valence-electron chi connectivity index (χ3n) is 3.33. The molecule has 136 valence electrons. The van der Waals surface area contributed by atoms with Crippen LogP contribution < -0.4 is 10.1 Å². The Morgan fingerprint density at radius 3 is 2.68 bits per heavy atom. The number of amides is 1. The van der Waals surface area contributed by atoms with Crippen LogP contribution in [-0.4, -0.2) is 42.6 Å². The van der Waals surface area contributed by atoms with E-state index in [1.54, 1.807) is 13.0 Å². The van der Waals surface area contributed by atoms with Crippen LogP contribution in [0, 0.1) is 6.92 Å². The van der Waals surface area contributed by atoms with Crippen molar-refractivity contribution in [2.45, 2.75) is 25.7 Å². The molecule has 0 bridgehead atoms. The molecule has 0 unspecified atom stereocenters. The summed E-state index contributed by atoms with van der Waals surface area (Å²) in [5.74, 6) is -0.113. The minimum absolute atomic E-state index is 0.0953. The summed E-state index contributed by atoms with van der Waals surface area (Å²) in [6.07, 6.45) is 0. The molecule has 25 heavy (non-hydrogen) atoms. The second-order valence-corrected chi connectivity index (χ2v) is 7.93. The maximum Gasteiger partial charge on any atom is 0.268 e. The second kappa shape index (κ2) is 7.48. The normalized spacial score (nSPS) is 11.6. The Kier molecular flexibility index (Phi) is 5.78. The monoisotopic (exact) mass is 385 g/mol. The van der Waals surface area contributed by atoms with E-state index in [9.17, 15) is 18.4 Å². The zero-order valence-corrected chi connectivity index (χ0v) is 15.9. The first-order chi connectivity index (χ1) is 11.7. The van der Waals surface area contributed by atoms with E-state index in [1.165, 1.54) is 44.4 Å². The molecule has 8 nitrogen and oxygen atoms in total. The number of hydrogen-bond acceptors (Lipinski definition) is 7. The number of sulfonamides is 1. The Labute approximate surface area is 150 Å². The van der Waals surface area contributed by atoms with Gasteiger partial charge in [0, 0.05) is 13.5 Å². The number of nitrogens with one attached hydrogen (secondary N) is 1. The molecule has 0 radical (unpaired) electrons. The molecule has 0 aliphatic carbocycles. The number of rotatable bonds is 6. The third kappa shape index (κ3) is 3.98. The number of hydrogen-bond donors (Lipinski definition) is 2. The molecule has 0 saturated heterocycles. The van der Waals surface area contributed by atoms with Crippen LogP contribution in [0.25, 0.3) is 10.4 Å². The van der Waals surface area contributed by atoms with E-state index >= 15 is 0 Å². The fraction of sp³-hybridized carbons (Fsp3) is 0.333. The molecule has 0 fully saturated rings. The lowest BCUT2D eigenvalue weighted by atomic mass is 10.1. The molecule has 1 aromatic heterocycles. The number of nitrogens with zero attached hydrogens (tertiary/aromatic N) is 2. The van der Waals surface area contributed by atoms with Gasteiger partial charge in [-0.05, 0) is 37.6 Å². The Balaban J connectivity index is 2.57. The van der Waals surface area contributed by atoms with Gasteiger partial charge >= 0.3 is 0 Å². The van der Waals surface area contributed by atoms with E-state index in [0.29, 0.717) is 21.3 Å². The van der Waals surface area contributed by atoms with Crippen LogP contribution in [0.3, 0.4) is 0 Å². The van der Waals surface area contributed by atoms with Crippen LogP contribution in [0.5, 0.6) is 5.75 Å². The Bertz CT molecular complexity index is 893. The minimum atomic E-state index is -4.11. The predicted molar refractivity (Wildman–Crippen MR) is 94.5 cm³/mol. The van der Waals surface area contributed by atoms with Crippen molar-refractivity contribution in [2.24, 2.45) is 0 Å². The molecule has 2 rings (SSSR count). The molecular formula is C15H19N3O5S2. The van der Waals surface area contributed by atoms with Crippen molar-refractivity contribution in [3.8, 4) is 16.2 Å². The van der Waals surface area contributed by atoms with Crippen molar-refractivity contribution in [3.05, 3.63) is 23.9 Å². The highest BCUT2D eigenvalue weighted by Gasteiger charge is 2.26. The number of carbonyl (C=O) groups excluding carboxylic acids is 1. The number of aromatic nitrogens is 1. The first kappa shape index (κ1) is 19.3. The van der Waals surface area contributed by atoms with Crippen molar-refractivity contribution in [1.82, 2.24) is 9.45 Å². The van der Waals surface area contributed by atoms with Crippen molar-refractivity contribution in [2.75, 3.05) is 19.0 Å². The van der Waals surface area contributed by atoms with Crippen molar-refractivity contribution in [1.29, 1.82) is 0 Å². The van der Waals surface area contributed by atoms with Gasteiger partial charge in [0.25, 0.3) is 10.0 Å². The van der Waals surface area contributed by atoms with Gasteiger partial charge in [0.2, 0.25) is 5.91 Å². The number of anilines is 1.